The first-order chi connectivity index (χ1) is 15.8. The first-order valence-corrected chi connectivity index (χ1v) is 11.1. The highest BCUT2D eigenvalue weighted by Gasteiger charge is 2.22. The standard InChI is InChI=1S/C25H29FN4O3.ClH/c1-4-29-16-20(25(32)33)24(31)19-13-21(26)23(14-22(19)29)30-11-9-28(10-12-30)15-17-5-7-18(8-6-17)27(2)3;/h5-8,13-14,16H,4,9-12,15H2,1-3H3,(H,32,33);1H. The molecule has 0 aliphatic carbocycles. The molecule has 0 saturated carbocycles. The van der Waals surface area contributed by atoms with Gasteiger partial charge in [0.2, 0.25) is 5.43 Å². The topological polar surface area (TPSA) is 69.0 Å². The van der Waals surface area contributed by atoms with E-state index in [1.54, 1.807) is 10.6 Å². The lowest BCUT2D eigenvalue weighted by atomic mass is 10.1. The van der Waals surface area contributed by atoms with Crippen molar-refractivity contribution >= 4 is 40.7 Å². The molecule has 182 valence electrons. The Bertz CT molecular complexity index is 1240. The second-order valence-corrected chi connectivity index (χ2v) is 8.61. The van der Waals surface area contributed by atoms with Gasteiger partial charge in [0.15, 0.2) is 0 Å². The Balaban J connectivity index is 0.00000324. The van der Waals surface area contributed by atoms with E-state index in [0.717, 1.165) is 25.3 Å². The third-order valence-corrected chi connectivity index (χ3v) is 6.29. The van der Waals surface area contributed by atoms with Gasteiger partial charge in [-0.2, -0.15) is 0 Å². The summed E-state index contributed by atoms with van der Waals surface area (Å²) in [4.78, 5) is 30.4. The van der Waals surface area contributed by atoms with Crippen molar-refractivity contribution in [1.29, 1.82) is 0 Å². The van der Waals surface area contributed by atoms with Crippen molar-refractivity contribution in [2.75, 3.05) is 50.1 Å². The van der Waals surface area contributed by atoms with Crippen LogP contribution < -0.4 is 15.2 Å². The average molecular weight is 489 g/mol. The van der Waals surface area contributed by atoms with Crippen LogP contribution >= 0.6 is 12.4 Å². The molecule has 0 bridgehead atoms. The highest BCUT2D eigenvalue weighted by atomic mass is 35.5. The number of hydrogen-bond acceptors (Lipinski definition) is 5. The number of carboxylic acid groups (broad SMARTS) is 1. The summed E-state index contributed by atoms with van der Waals surface area (Å²) < 4.78 is 16.7. The maximum absolute atomic E-state index is 15.0. The van der Waals surface area contributed by atoms with Crippen molar-refractivity contribution in [1.82, 2.24) is 9.47 Å². The molecule has 2 heterocycles. The average Bonchev–Trinajstić information content (AvgIpc) is 2.80. The number of hydrogen-bond donors (Lipinski definition) is 1. The lowest BCUT2D eigenvalue weighted by Gasteiger charge is -2.36. The van der Waals surface area contributed by atoms with Crippen LogP contribution in [-0.4, -0.2) is 60.8 Å². The quantitative estimate of drug-likeness (QED) is 0.571. The van der Waals surface area contributed by atoms with Gasteiger partial charge < -0.3 is 19.5 Å². The summed E-state index contributed by atoms with van der Waals surface area (Å²) in [6.45, 7) is 6.11. The van der Waals surface area contributed by atoms with Crippen LogP contribution in [0, 0.1) is 5.82 Å². The number of halogens is 2. The zero-order valence-electron chi connectivity index (χ0n) is 19.6. The zero-order chi connectivity index (χ0) is 23.7. The molecular weight excluding hydrogens is 459 g/mol. The molecule has 1 N–H and O–H groups in total. The molecule has 0 amide bonds. The molecule has 0 spiro atoms. The maximum atomic E-state index is 15.0. The zero-order valence-corrected chi connectivity index (χ0v) is 20.4. The normalized spacial score (nSPS) is 14.2. The molecule has 7 nitrogen and oxygen atoms in total. The van der Waals surface area contributed by atoms with Crippen LogP contribution in [0.4, 0.5) is 15.8 Å². The smallest absolute Gasteiger partial charge is 0.341 e. The first kappa shape index (κ1) is 25.5. The van der Waals surface area contributed by atoms with E-state index in [9.17, 15) is 14.7 Å². The summed E-state index contributed by atoms with van der Waals surface area (Å²) >= 11 is 0. The van der Waals surface area contributed by atoms with E-state index in [1.807, 2.05) is 25.9 Å². The highest BCUT2D eigenvalue weighted by Crippen LogP contribution is 2.27. The van der Waals surface area contributed by atoms with Crippen molar-refractivity contribution in [3.8, 4) is 0 Å². The molecule has 34 heavy (non-hydrogen) atoms. The Morgan fingerprint density at radius 3 is 2.29 bits per heavy atom. The molecule has 4 rings (SSSR count). The van der Waals surface area contributed by atoms with Gasteiger partial charge in [-0.05, 0) is 36.8 Å². The number of aryl methyl sites for hydroxylation is 1. The van der Waals surface area contributed by atoms with Crippen LogP contribution in [0.5, 0.6) is 0 Å². The minimum atomic E-state index is -1.30. The van der Waals surface area contributed by atoms with Crippen LogP contribution in [0.1, 0.15) is 22.8 Å². The van der Waals surface area contributed by atoms with Crippen LogP contribution in [0.3, 0.4) is 0 Å². The molecule has 2 aromatic carbocycles. The van der Waals surface area contributed by atoms with Crippen LogP contribution in [0.2, 0.25) is 0 Å². The molecule has 0 unspecified atom stereocenters. The van der Waals surface area contributed by atoms with Crippen LogP contribution in [0.15, 0.2) is 47.4 Å². The maximum Gasteiger partial charge on any atom is 0.341 e. The number of pyridine rings is 1. The largest absolute Gasteiger partial charge is 0.477 e. The number of aromatic nitrogens is 1. The Morgan fingerprint density at radius 2 is 1.74 bits per heavy atom. The Morgan fingerprint density at radius 1 is 1.09 bits per heavy atom. The number of carboxylic acids is 1. The van der Waals surface area contributed by atoms with Gasteiger partial charge in [-0.1, -0.05) is 12.1 Å². The van der Waals surface area contributed by atoms with Gasteiger partial charge in [0, 0.05) is 70.6 Å². The molecule has 1 aliphatic heterocycles. The van der Waals surface area contributed by atoms with Gasteiger partial charge in [0.05, 0.1) is 11.2 Å². The third kappa shape index (κ3) is 5.03. The second-order valence-electron chi connectivity index (χ2n) is 8.61. The van der Waals surface area contributed by atoms with E-state index >= 15 is 4.39 Å². The SMILES string of the molecule is CCn1cc(C(=O)O)c(=O)c2cc(F)c(N3CCN(Cc4ccc(N(C)C)cc4)CC3)cc21.Cl. The van der Waals surface area contributed by atoms with Gasteiger partial charge in [0.25, 0.3) is 0 Å². The Kier molecular flexibility index (Phi) is 7.84. The van der Waals surface area contributed by atoms with Crippen molar-refractivity contribution in [2.24, 2.45) is 0 Å². The summed E-state index contributed by atoms with van der Waals surface area (Å²) in [5.41, 5.74) is 2.40. The predicted molar refractivity (Wildman–Crippen MR) is 136 cm³/mol. The minimum absolute atomic E-state index is 0. The number of rotatable bonds is 6. The van der Waals surface area contributed by atoms with Gasteiger partial charge in [-0.15, -0.1) is 12.4 Å². The fourth-order valence-corrected chi connectivity index (χ4v) is 4.36. The number of piperazine rings is 1. The van der Waals surface area contributed by atoms with E-state index in [2.05, 4.69) is 34.1 Å². The van der Waals surface area contributed by atoms with E-state index in [4.69, 9.17) is 0 Å². The summed E-state index contributed by atoms with van der Waals surface area (Å²) in [7, 11) is 4.04. The molecule has 1 aliphatic rings. The third-order valence-electron chi connectivity index (χ3n) is 6.29. The molecule has 9 heteroatoms. The van der Waals surface area contributed by atoms with Crippen molar-refractivity contribution in [2.45, 2.75) is 20.0 Å². The van der Waals surface area contributed by atoms with Gasteiger partial charge in [-0.25, -0.2) is 9.18 Å². The summed E-state index contributed by atoms with van der Waals surface area (Å²) in [5.74, 6) is -1.81. The lowest BCUT2D eigenvalue weighted by Crippen LogP contribution is -2.46. The van der Waals surface area contributed by atoms with E-state index in [1.165, 1.54) is 17.8 Å². The summed E-state index contributed by atoms with van der Waals surface area (Å²) in [6, 6.07) is 11.4. The summed E-state index contributed by atoms with van der Waals surface area (Å²) in [6.07, 6.45) is 1.34. The number of fused-ring (bicyclic) bond motifs is 1. The van der Waals surface area contributed by atoms with E-state index < -0.39 is 17.2 Å². The molecular formula is C25H30ClFN4O3. The fourth-order valence-electron chi connectivity index (χ4n) is 4.36. The molecule has 1 saturated heterocycles. The Labute approximate surface area is 204 Å². The van der Waals surface area contributed by atoms with E-state index in [0.29, 0.717) is 30.8 Å². The predicted octanol–water partition coefficient (Wildman–Crippen LogP) is 3.67. The number of benzene rings is 2. The van der Waals surface area contributed by atoms with Gasteiger partial charge in [0.1, 0.15) is 11.4 Å². The fraction of sp³-hybridized carbons (Fsp3) is 0.360. The number of anilines is 2. The number of carbonyl (C=O) groups is 1. The lowest BCUT2D eigenvalue weighted by molar-refractivity contribution is 0.0695. The van der Waals surface area contributed by atoms with Crippen LogP contribution in [-0.2, 0) is 13.1 Å². The highest BCUT2D eigenvalue weighted by molar-refractivity contribution is 5.93. The van der Waals surface area contributed by atoms with Gasteiger partial charge >= 0.3 is 5.97 Å². The van der Waals surface area contributed by atoms with Crippen molar-refractivity contribution in [3.05, 3.63) is 69.8 Å². The molecule has 1 fully saturated rings. The minimum Gasteiger partial charge on any atom is -0.477 e. The van der Waals surface area contributed by atoms with Gasteiger partial charge in [-0.3, -0.25) is 9.69 Å². The number of nitrogens with zero attached hydrogens (tertiary/aromatic N) is 4. The van der Waals surface area contributed by atoms with Crippen molar-refractivity contribution in [3.63, 3.8) is 0 Å². The summed E-state index contributed by atoms with van der Waals surface area (Å²) in [5, 5.41) is 9.41. The number of aromatic carboxylic acids is 1. The molecule has 1 aromatic heterocycles. The second kappa shape index (κ2) is 10.4. The monoisotopic (exact) mass is 488 g/mol. The van der Waals surface area contributed by atoms with Crippen molar-refractivity contribution < 1.29 is 14.3 Å². The first-order valence-electron chi connectivity index (χ1n) is 11.1. The van der Waals surface area contributed by atoms with E-state index in [-0.39, 0.29) is 23.4 Å². The molecule has 3 aromatic rings. The molecule has 0 atom stereocenters. The van der Waals surface area contributed by atoms with Crippen LogP contribution in [0.25, 0.3) is 10.9 Å². The Hall–Kier alpha value is -3.10. The molecule has 0 radical (unpaired) electrons.